The lowest BCUT2D eigenvalue weighted by atomic mass is 9.49. The molecule has 7 rings (SSSR count). The Morgan fingerprint density at radius 1 is 1.24 bits per heavy atom. The van der Waals surface area contributed by atoms with Crippen molar-refractivity contribution in [1.82, 2.24) is 14.5 Å². The van der Waals surface area contributed by atoms with Crippen LogP contribution in [-0.4, -0.2) is 34.1 Å². The third-order valence-electron chi connectivity index (χ3n) is 7.99. The number of amides is 1. The fraction of sp³-hybridized carbons (Fsp3) is 0.560. The maximum absolute atomic E-state index is 14.3. The summed E-state index contributed by atoms with van der Waals surface area (Å²) in [4.78, 5) is 25.3. The van der Waals surface area contributed by atoms with Crippen LogP contribution in [0.5, 0.6) is 5.75 Å². The first kappa shape index (κ1) is 23.9. The van der Waals surface area contributed by atoms with E-state index in [1.54, 1.807) is 13.3 Å². The van der Waals surface area contributed by atoms with Crippen molar-refractivity contribution in [2.75, 3.05) is 18.6 Å². The van der Waals surface area contributed by atoms with Crippen LogP contribution in [0.4, 0.5) is 5.13 Å². The Hall–Kier alpha value is -1.83. The predicted octanol–water partition coefficient (Wildman–Crippen LogP) is 6.22. The molecule has 0 saturated heterocycles. The number of benzene rings is 1. The monoisotopic (exact) mass is 520 g/mol. The molecule has 0 radical (unpaired) electrons. The summed E-state index contributed by atoms with van der Waals surface area (Å²) in [6.07, 6.45) is 13.5. The van der Waals surface area contributed by atoms with Crippen LogP contribution in [-0.2, 0) is 11.3 Å². The molecule has 4 saturated carbocycles. The van der Waals surface area contributed by atoms with Gasteiger partial charge in [-0.1, -0.05) is 22.9 Å². The van der Waals surface area contributed by atoms with E-state index in [1.807, 2.05) is 29.6 Å². The smallest absolute Gasteiger partial charge is 0.235 e. The van der Waals surface area contributed by atoms with Crippen LogP contribution in [0.1, 0.15) is 44.9 Å². The van der Waals surface area contributed by atoms with E-state index in [1.165, 1.54) is 30.6 Å². The number of aromatic nitrogens is 3. The number of aryl methyl sites for hydroxylation is 1. The van der Waals surface area contributed by atoms with Crippen molar-refractivity contribution >= 4 is 56.6 Å². The molecule has 4 aliphatic carbocycles. The summed E-state index contributed by atoms with van der Waals surface area (Å²) in [5, 5.41) is 1.39. The molecule has 0 unspecified atom stereocenters. The Labute approximate surface area is 215 Å². The van der Waals surface area contributed by atoms with E-state index in [2.05, 4.69) is 9.55 Å². The molecule has 0 spiro atoms. The van der Waals surface area contributed by atoms with E-state index in [0.717, 1.165) is 65.3 Å². The largest absolute Gasteiger partial charge is 0.494 e. The number of methoxy groups -OCH3 is 1. The van der Waals surface area contributed by atoms with Gasteiger partial charge in [0.05, 0.1) is 28.6 Å². The molecule has 4 fully saturated rings. The molecule has 1 amide bonds. The Morgan fingerprint density at radius 2 is 1.94 bits per heavy atom. The molecule has 9 heteroatoms. The van der Waals surface area contributed by atoms with Crippen LogP contribution in [0, 0.1) is 23.2 Å². The van der Waals surface area contributed by atoms with Crippen LogP contribution in [0.2, 0.25) is 5.02 Å². The second kappa shape index (κ2) is 9.32. The molecule has 2 heterocycles. The molecule has 4 aliphatic rings. The second-order valence-corrected chi connectivity index (χ2v) is 11.6. The number of anilines is 1. The molecule has 1 aromatic carbocycles. The van der Waals surface area contributed by atoms with Gasteiger partial charge in [-0.2, -0.15) is 0 Å². The number of nitrogens with zero attached hydrogens (tertiary/aromatic N) is 4. The molecule has 0 atom stereocenters. The number of carbonyl (C=O) groups is 1. The summed E-state index contributed by atoms with van der Waals surface area (Å²) in [7, 11) is 1.64. The fourth-order valence-electron chi connectivity index (χ4n) is 6.99. The Morgan fingerprint density at radius 3 is 2.56 bits per heavy atom. The van der Waals surface area contributed by atoms with Gasteiger partial charge in [-0.15, -0.1) is 12.4 Å². The summed E-state index contributed by atoms with van der Waals surface area (Å²) < 4.78 is 8.48. The van der Waals surface area contributed by atoms with Gasteiger partial charge < -0.3 is 9.30 Å². The van der Waals surface area contributed by atoms with Gasteiger partial charge in [-0.05, 0) is 74.8 Å². The van der Waals surface area contributed by atoms with Crippen LogP contribution in [0.3, 0.4) is 0 Å². The molecular formula is C25H30Cl2N4O2S. The summed E-state index contributed by atoms with van der Waals surface area (Å²) >= 11 is 8.02. The van der Waals surface area contributed by atoms with E-state index >= 15 is 0 Å². The average molecular weight is 522 g/mol. The minimum absolute atomic E-state index is 0. The minimum Gasteiger partial charge on any atom is -0.494 e. The predicted molar refractivity (Wildman–Crippen MR) is 138 cm³/mol. The van der Waals surface area contributed by atoms with Crippen LogP contribution < -0.4 is 9.64 Å². The minimum atomic E-state index is -0.213. The summed E-state index contributed by atoms with van der Waals surface area (Å²) in [6, 6.07) is 3.69. The molecule has 0 N–H and O–H groups in total. The fourth-order valence-corrected chi connectivity index (χ4v) is 8.28. The lowest BCUT2D eigenvalue weighted by molar-refractivity contribution is -0.143. The van der Waals surface area contributed by atoms with Gasteiger partial charge in [-0.25, -0.2) is 9.97 Å². The third-order valence-corrected chi connectivity index (χ3v) is 9.53. The number of hydrogen-bond acceptors (Lipinski definition) is 5. The first-order valence-corrected chi connectivity index (χ1v) is 13.1. The molecule has 2 aromatic heterocycles. The van der Waals surface area contributed by atoms with Crippen LogP contribution in [0.15, 0.2) is 30.9 Å². The molecule has 4 bridgehead atoms. The van der Waals surface area contributed by atoms with Gasteiger partial charge in [0.25, 0.3) is 0 Å². The Kier molecular flexibility index (Phi) is 6.55. The zero-order chi connectivity index (χ0) is 22.6. The van der Waals surface area contributed by atoms with Gasteiger partial charge in [0.15, 0.2) is 5.13 Å². The molecule has 3 aromatic rings. The number of halogens is 2. The van der Waals surface area contributed by atoms with E-state index in [4.69, 9.17) is 21.3 Å². The summed E-state index contributed by atoms with van der Waals surface area (Å²) in [6.45, 7) is 1.46. The zero-order valence-electron chi connectivity index (χ0n) is 19.3. The number of ether oxygens (including phenoxy) is 1. The first-order chi connectivity index (χ1) is 16.0. The summed E-state index contributed by atoms with van der Waals surface area (Å²) in [5.41, 5.74) is 0.526. The molecule has 182 valence electrons. The van der Waals surface area contributed by atoms with Crippen molar-refractivity contribution in [3.05, 3.63) is 35.9 Å². The highest BCUT2D eigenvalue weighted by molar-refractivity contribution is 7.23. The molecule has 0 aliphatic heterocycles. The summed E-state index contributed by atoms with van der Waals surface area (Å²) in [5.74, 6) is 3.13. The molecular weight excluding hydrogens is 491 g/mol. The van der Waals surface area contributed by atoms with E-state index in [-0.39, 0.29) is 23.7 Å². The first-order valence-electron chi connectivity index (χ1n) is 12.0. The lowest BCUT2D eigenvalue weighted by Crippen LogP contribution is -2.55. The van der Waals surface area contributed by atoms with E-state index in [9.17, 15) is 4.79 Å². The number of carbonyl (C=O) groups excluding carboxylic acids is 1. The number of rotatable bonds is 7. The average Bonchev–Trinajstić information content (AvgIpc) is 3.46. The molecule has 6 nitrogen and oxygen atoms in total. The van der Waals surface area contributed by atoms with Gasteiger partial charge in [-0.3, -0.25) is 9.69 Å². The number of thiazole rings is 1. The molecule has 34 heavy (non-hydrogen) atoms. The topological polar surface area (TPSA) is 60.2 Å². The normalized spacial score (nSPS) is 27.1. The highest BCUT2D eigenvalue weighted by Gasteiger charge is 2.56. The third kappa shape index (κ3) is 4.10. The zero-order valence-corrected chi connectivity index (χ0v) is 21.7. The van der Waals surface area contributed by atoms with Crippen molar-refractivity contribution in [2.45, 2.75) is 51.5 Å². The van der Waals surface area contributed by atoms with Gasteiger partial charge in [0, 0.05) is 25.5 Å². The van der Waals surface area contributed by atoms with Crippen molar-refractivity contribution < 1.29 is 9.53 Å². The lowest BCUT2D eigenvalue weighted by Gasteiger charge is -2.56. The highest BCUT2D eigenvalue weighted by atomic mass is 35.5. The SMILES string of the molecule is COc1ccc(Cl)c2sc(N(CCCn3ccnc3)C(=O)C34CC5CC(CC(C5)C3)C4)nc12.Cl. The standard InChI is InChI=1S/C25H29ClN4O2S.ClH/c1-32-20-4-3-19(26)22-21(20)28-24(33-22)30(7-2-6-29-8-5-27-15-29)23(31)25-12-16-9-17(13-25)11-18(10-16)14-25;/h3-5,8,15-18H,2,6-7,9-14H2,1H3;1H. The van der Waals surface area contributed by atoms with Crippen molar-refractivity contribution in [1.29, 1.82) is 0 Å². The maximum Gasteiger partial charge on any atom is 0.235 e. The quantitative estimate of drug-likeness (QED) is 0.371. The van der Waals surface area contributed by atoms with Crippen molar-refractivity contribution in [3.63, 3.8) is 0 Å². The van der Waals surface area contributed by atoms with Gasteiger partial charge in [0.1, 0.15) is 11.3 Å². The van der Waals surface area contributed by atoms with E-state index in [0.29, 0.717) is 17.3 Å². The highest BCUT2D eigenvalue weighted by Crippen LogP contribution is 2.61. The number of fused-ring (bicyclic) bond motifs is 1. The van der Waals surface area contributed by atoms with Gasteiger partial charge >= 0.3 is 0 Å². The van der Waals surface area contributed by atoms with Gasteiger partial charge in [0.2, 0.25) is 5.91 Å². The second-order valence-electron chi connectivity index (χ2n) is 10.2. The van der Waals surface area contributed by atoms with Crippen LogP contribution >= 0.6 is 35.3 Å². The Bertz CT molecular complexity index is 1140. The van der Waals surface area contributed by atoms with E-state index < -0.39 is 0 Å². The maximum atomic E-state index is 14.3. The Balaban J connectivity index is 0.00000241. The van der Waals surface area contributed by atoms with Crippen molar-refractivity contribution in [2.24, 2.45) is 23.2 Å². The van der Waals surface area contributed by atoms with Crippen molar-refractivity contribution in [3.8, 4) is 5.75 Å². The van der Waals surface area contributed by atoms with Crippen LogP contribution in [0.25, 0.3) is 10.2 Å². The number of hydrogen-bond donors (Lipinski definition) is 0. The number of imidazole rings is 1.